The third-order valence-electron chi connectivity index (χ3n) is 2.56. The number of benzene rings is 1. The van der Waals surface area contributed by atoms with Crippen LogP contribution in [0.1, 0.15) is 10.4 Å². The van der Waals surface area contributed by atoms with Crippen LogP contribution in [0.25, 0.3) is 11.3 Å². The highest BCUT2D eigenvalue weighted by molar-refractivity contribution is 7.90. The van der Waals surface area contributed by atoms with Gasteiger partial charge in [0.25, 0.3) is 0 Å². The van der Waals surface area contributed by atoms with Crippen molar-refractivity contribution < 1.29 is 22.7 Å². The molecule has 0 aliphatic rings. The average Bonchev–Trinajstić information content (AvgIpc) is 2.37. The number of aromatic carboxylic acids is 1. The highest BCUT2D eigenvalue weighted by Crippen LogP contribution is 2.22. The van der Waals surface area contributed by atoms with Gasteiger partial charge in [0.05, 0.1) is 11.3 Å². The molecule has 2 rings (SSSR count). The minimum Gasteiger partial charge on any atom is -0.478 e. The molecule has 1 aromatic heterocycles. The number of hydrogen-bond donors (Lipinski definition) is 1. The molecule has 0 saturated heterocycles. The molecule has 0 aliphatic carbocycles. The fourth-order valence-corrected chi connectivity index (χ4v) is 2.51. The van der Waals surface area contributed by atoms with Crippen LogP contribution >= 0.6 is 0 Å². The summed E-state index contributed by atoms with van der Waals surface area (Å²) in [6.45, 7) is 0. The highest BCUT2D eigenvalue weighted by atomic mass is 32.2. The van der Waals surface area contributed by atoms with Crippen LogP contribution in [0, 0.1) is 5.82 Å². The van der Waals surface area contributed by atoms with Gasteiger partial charge in [0.2, 0.25) is 0 Å². The van der Waals surface area contributed by atoms with Crippen LogP contribution in [0.2, 0.25) is 0 Å². The summed E-state index contributed by atoms with van der Waals surface area (Å²) in [4.78, 5) is 14.8. The number of aromatic nitrogens is 1. The molecule has 1 aromatic carbocycles. The number of nitrogens with zero attached hydrogens (tertiary/aromatic N) is 1. The van der Waals surface area contributed by atoms with Crippen LogP contribution in [-0.4, -0.2) is 30.7 Å². The lowest BCUT2D eigenvalue weighted by Crippen LogP contribution is -2.10. The molecule has 0 unspecified atom stereocenters. The van der Waals surface area contributed by atoms with E-state index in [9.17, 15) is 17.6 Å². The molecule has 0 amide bonds. The maximum atomic E-state index is 13.2. The fourth-order valence-electron chi connectivity index (χ4n) is 1.69. The number of carboxylic acid groups (broad SMARTS) is 1. The number of carbonyl (C=O) groups is 1. The van der Waals surface area contributed by atoms with Crippen molar-refractivity contribution in [2.24, 2.45) is 0 Å². The van der Waals surface area contributed by atoms with E-state index >= 15 is 0 Å². The van der Waals surface area contributed by atoms with E-state index in [1.165, 1.54) is 24.3 Å². The van der Waals surface area contributed by atoms with Crippen molar-refractivity contribution in [3.63, 3.8) is 0 Å². The second-order valence-electron chi connectivity index (χ2n) is 4.14. The lowest BCUT2D eigenvalue weighted by molar-refractivity contribution is 0.0691. The van der Waals surface area contributed by atoms with Gasteiger partial charge in [-0.05, 0) is 24.3 Å². The zero-order valence-electron chi connectivity index (χ0n) is 10.4. The minimum absolute atomic E-state index is 0.190. The molecular formula is C13H10FNO4S. The first-order valence-electron chi connectivity index (χ1n) is 5.49. The van der Waals surface area contributed by atoms with E-state index in [0.29, 0.717) is 5.56 Å². The Labute approximate surface area is 114 Å². The van der Waals surface area contributed by atoms with Crippen LogP contribution in [-0.2, 0) is 9.84 Å². The molecule has 104 valence electrons. The molecule has 1 heterocycles. The van der Waals surface area contributed by atoms with E-state index in [-0.39, 0.29) is 5.69 Å². The van der Waals surface area contributed by atoms with Crippen molar-refractivity contribution in [2.75, 3.05) is 6.26 Å². The van der Waals surface area contributed by atoms with E-state index in [4.69, 9.17) is 5.11 Å². The number of hydrogen-bond acceptors (Lipinski definition) is 4. The summed E-state index contributed by atoms with van der Waals surface area (Å²) >= 11 is 0. The first-order chi connectivity index (χ1) is 9.29. The van der Waals surface area contributed by atoms with Crippen LogP contribution in [0.3, 0.4) is 0 Å². The fraction of sp³-hybridized carbons (Fsp3) is 0.0769. The Kier molecular flexibility index (Phi) is 3.54. The number of pyridine rings is 1. The summed E-state index contributed by atoms with van der Waals surface area (Å²) < 4.78 is 36.4. The Morgan fingerprint density at radius 2 is 1.95 bits per heavy atom. The summed E-state index contributed by atoms with van der Waals surface area (Å²) in [6, 6.07) is 7.93. The lowest BCUT2D eigenvalue weighted by atomic mass is 10.1. The molecule has 7 heteroatoms. The quantitative estimate of drug-likeness (QED) is 0.936. The van der Waals surface area contributed by atoms with E-state index < -0.39 is 32.2 Å². The number of carboxylic acids is 1. The van der Waals surface area contributed by atoms with Gasteiger partial charge in [-0.1, -0.05) is 12.1 Å². The van der Waals surface area contributed by atoms with Gasteiger partial charge in [-0.2, -0.15) is 0 Å². The van der Waals surface area contributed by atoms with Gasteiger partial charge in [0.15, 0.2) is 14.9 Å². The molecule has 0 spiro atoms. The van der Waals surface area contributed by atoms with Crippen LogP contribution < -0.4 is 0 Å². The second-order valence-corrected chi connectivity index (χ2v) is 6.07. The van der Waals surface area contributed by atoms with E-state index in [1.54, 1.807) is 6.07 Å². The number of halogens is 1. The topological polar surface area (TPSA) is 84.3 Å². The molecule has 5 nitrogen and oxygen atoms in total. The lowest BCUT2D eigenvalue weighted by Gasteiger charge is -2.07. The standard InChI is InChI=1S/C13H10FNO4S/c1-20(18,19)12-10(13(16)17)5-6-11(15-12)8-3-2-4-9(14)7-8/h2-7H,1H3,(H,16,17). The van der Waals surface area contributed by atoms with Crippen LogP contribution in [0.5, 0.6) is 0 Å². The Bertz CT molecular complexity index is 787. The molecule has 20 heavy (non-hydrogen) atoms. The first-order valence-corrected chi connectivity index (χ1v) is 7.38. The Balaban J connectivity index is 2.67. The molecule has 0 bridgehead atoms. The molecular weight excluding hydrogens is 285 g/mol. The molecule has 0 saturated carbocycles. The molecule has 0 atom stereocenters. The maximum absolute atomic E-state index is 13.2. The summed E-state index contributed by atoms with van der Waals surface area (Å²) in [7, 11) is -3.80. The van der Waals surface area contributed by atoms with E-state index in [0.717, 1.165) is 12.3 Å². The summed E-state index contributed by atoms with van der Waals surface area (Å²) in [5.74, 6) is -1.88. The number of rotatable bonds is 3. The van der Waals surface area contributed by atoms with Crippen LogP contribution in [0.15, 0.2) is 41.4 Å². The Morgan fingerprint density at radius 3 is 2.50 bits per heavy atom. The average molecular weight is 295 g/mol. The van der Waals surface area contributed by atoms with Gasteiger partial charge < -0.3 is 5.11 Å². The van der Waals surface area contributed by atoms with Crippen LogP contribution in [0.4, 0.5) is 4.39 Å². The summed E-state index contributed by atoms with van der Waals surface area (Å²) in [5.41, 5.74) is 0.148. The first kappa shape index (κ1) is 14.1. The predicted octanol–water partition coefficient (Wildman–Crippen LogP) is 1.99. The van der Waals surface area contributed by atoms with Gasteiger partial charge in [-0.3, -0.25) is 0 Å². The monoisotopic (exact) mass is 295 g/mol. The van der Waals surface area contributed by atoms with Crippen molar-refractivity contribution in [3.8, 4) is 11.3 Å². The Hall–Kier alpha value is -2.28. The maximum Gasteiger partial charge on any atom is 0.338 e. The van der Waals surface area contributed by atoms with E-state index in [2.05, 4.69) is 4.98 Å². The summed E-state index contributed by atoms with van der Waals surface area (Å²) in [5, 5.41) is 8.43. The molecule has 0 aliphatic heterocycles. The van der Waals surface area contributed by atoms with Gasteiger partial charge >= 0.3 is 5.97 Å². The SMILES string of the molecule is CS(=O)(=O)c1nc(-c2cccc(F)c2)ccc1C(=O)O. The molecule has 0 radical (unpaired) electrons. The van der Waals surface area contributed by atoms with Gasteiger partial charge in [0, 0.05) is 11.8 Å². The van der Waals surface area contributed by atoms with Crippen molar-refractivity contribution in [3.05, 3.63) is 47.8 Å². The van der Waals surface area contributed by atoms with Crippen molar-refractivity contribution in [2.45, 2.75) is 5.03 Å². The van der Waals surface area contributed by atoms with Crippen molar-refractivity contribution in [1.82, 2.24) is 4.98 Å². The van der Waals surface area contributed by atoms with E-state index in [1.807, 2.05) is 0 Å². The third-order valence-corrected chi connectivity index (χ3v) is 3.58. The highest BCUT2D eigenvalue weighted by Gasteiger charge is 2.21. The largest absolute Gasteiger partial charge is 0.478 e. The van der Waals surface area contributed by atoms with Crippen molar-refractivity contribution in [1.29, 1.82) is 0 Å². The minimum atomic E-state index is -3.80. The molecule has 2 aromatic rings. The zero-order valence-corrected chi connectivity index (χ0v) is 11.2. The normalized spacial score (nSPS) is 11.3. The van der Waals surface area contributed by atoms with Gasteiger partial charge in [-0.25, -0.2) is 22.6 Å². The second kappa shape index (κ2) is 5.01. The molecule has 0 fully saturated rings. The zero-order chi connectivity index (χ0) is 14.9. The third kappa shape index (κ3) is 2.83. The summed E-state index contributed by atoms with van der Waals surface area (Å²) in [6.07, 6.45) is 0.872. The van der Waals surface area contributed by atoms with Gasteiger partial charge in [-0.15, -0.1) is 0 Å². The molecule has 1 N–H and O–H groups in total. The van der Waals surface area contributed by atoms with Crippen molar-refractivity contribution >= 4 is 15.8 Å². The number of sulfone groups is 1. The Morgan fingerprint density at radius 1 is 1.25 bits per heavy atom. The predicted molar refractivity (Wildman–Crippen MR) is 69.7 cm³/mol. The van der Waals surface area contributed by atoms with Gasteiger partial charge in [0.1, 0.15) is 5.82 Å². The smallest absolute Gasteiger partial charge is 0.338 e.